The number of carbonyl (C=O) groups is 1. The molecule has 0 radical (unpaired) electrons. The van der Waals surface area contributed by atoms with Gasteiger partial charge in [0.1, 0.15) is 5.82 Å². The average molecular weight is 349 g/mol. The van der Waals surface area contributed by atoms with Crippen molar-refractivity contribution >= 4 is 39.7 Å². The Hall–Kier alpha value is -3.75. The van der Waals surface area contributed by atoms with Gasteiger partial charge in [-0.25, -0.2) is 9.78 Å². The SMILES string of the molecule is CN(C)c1cccc(Nc2nc3c(C(=O)O)nnn3c3cnccc23)c1. The van der Waals surface area contributed by atoms with Gasteiger partial charge in [-0.2, -0.15) is 4.52 Å². The summed E-state index contributed by atoms with van der Waals surface area (Å²) in [6, 6.07) is 9.61. The van der Waals surface area contributed by atoms with E-state index in [1.807, 2.05) is 43.3 Å². The van der Waals surface area contributed by atoms with E-state index in [0.29, 0.717) is 11.3 Å². The van der Waals surface area contributed by atoms with Crippen molar-refractivity contribution in [2.45, 2.75) is 0 Å². The lowest BCUT2D eigenvalue weighted by molar-refractivity contribution is 0.0692. The summed E-state index contributed by atoms with van der Waals surface area (Å²) in [6.45, 7) is 0. The van der Waals surface area contributed by atoms with Gasteiger partial charge in [0.25, 0.3) is 0 Å². The van der Waals surface area contributed by atoms with Gasteiger partial charge in [0.2, 0.25) is 5.69 Å². The van der Waals surface area contributed by atoms with Crippen LogP contribution in [0.2, 0.25) is 0 Å². The molecule has 9 heteroatoms. The first-order chi connectivity index (χ1) is 12.5. The lowest BCUT2D eigenvalue weighted by atomic mass is 10.2. The number of benzene rings is 1. The molecule has 130 valence electrons. The van der Waals surface area contributed by atoms with E-state index in [9.17, 15) is 9.90 Å². The van der Waals surface area contributed by atoms with Crippen LogP contribution in [0.25, 0.3) is 16.6 Å². The van der Waals surface area contributed by atoms with Crippen LogP contribution in [0.3, 0.4) is 0 Å². The third-order valence-electron chi connectivity index (χ3n) is 3.98. The minimum absolute atomic E-state index is 0.157. The van der Waals surface area contributed by atoms with Gasteiger partial charge in [0.05, 0.1) is 11.7 Å². The predicted octanol–water partition coefficient (Wildman–Crippen LogP) is 2.18. The molecule has 0 fully saturated rings. The molecule has 2 N–H and O–H groups in total. The average Bonchev–Trinajstić information content (AvgIpc) is 3.06. The molecule has 0 bridgehead atoms. The Morgan fingerprint density at radius 3 is 2.88 bits per heavy atom. The van der Waals surface area contributed by atoms with E-state index in [4.69, 9.17) is 0 Å². The minimum Gasteiger partial charge on any atom is -0.476 e. The van der Waals surface area contributed by atoms with Gasteiger partial charge in [0.15, 0.2) is 5.65 Å². The molecule has 3 aromatic heterocycles. The summed E-state index contributed by atoms with van der Waals surface area (Å²) in [5.41, 5.74) is 2.42. The maximum Gasteiger partial charge on any atom is 0.360 e. The van der Waals surface area contributed by atoms with Crippen LogP contribution in [0.4, 0.5) is 17.2 Å². The number of aromatic carboxylic acids is 1. The number of anilines is 3. The molecule has 26 heavy (non-hydrogen) atoms. The molecule has 9 nitrogen and oxygen atoms in total. The number of carboxylic acid groups (broad SMARTS) is 1. The number of pyridine rings is 1. The van der Waals surface area contributed by atoms with Crippen molar-refractivity contribution in [3.05, 3.63) is 48.4 Å². The van der Waals surface area contributed by atoms with Crippen LogP contribution >= 0.6 is 0 Å². The molecule has 0 aliphatic carbocycles. The highest BCUT2D eigenvalue weighted by atomic mass is 16.4. The Bertz CT molecular complexity index is 1140. The number of hydrogen-bond donors (Lipinski definition) is 2. The van der Waals surface area contributed by atoms with E-state index in [0.717, 1.165) is 16.8 Å². The fourth-order valence-electron chi connectivity index (χ4n) is 2.69. The fourth-order valence-corrected chi connectivity index (χ4v) is 2.69. The van der Waals surface area contributed by atoms with Crippen LogP contribution in [0.15, 0.2) is 42.7 Å². The lowest BCUT2D eigenvalue weighted by Crippen LogP contribution is -2.09. The van der Waals surface area contributed by atoms with Gasteiger partial charge >= 0.3 is 5.97 Å². The van der Waals surface area contributed by atoms with Gasteiger partial charge < -0.3 is 15.3 Å². The Balaban J connectivity index is 1.91. The van der Waals surface area contributed by atoms with E-state index in [2.05, 4.69) is 25.6 Å². The number of fused-ring (bicyclic) bond motifs is 3. The standard InChI is InChI=1S/C17H15N7O2/c1-23(2)11-5-3-4-10(8-11)19-15-12-6-7-18-9-13(12)24-16(20-15)14(17(25)26)21-22-24/h3-9H,1-2H3,(H,19,20)(H,25,26). The van der Waals surface area contributed by atoms with Crippen LogP contribution < -0.4 is 10.2 Å². The largest absolute Gasteiger partial charge is 0.476 e. The highest BCUT2D eigenvalue weighted by Crippen LogP contribution is 2.27. The summed E-state index contributed by atoms with van der Waals surface area (Å²) in [7, 11) is 3.92. The summed E-state index contributed by atoms with van der Waals surface area (Å²) >= 11 is 0. The molecule has 1 aromatic carbocycles. The molecule has 0 amide bonds. The highest BCUT2D eigenvalue weighted by molar-refractivity contribution is 5.97. The van der Waals surface area contributed by atoms with E-state index in [1.165, 1.54) is 4.52 Å². The van der Waals surface area contributed by atoms with E-state index in [-0.39, 0.29) is 11.3 Å². The maximum atomic E-state index is 11.4. The summed E-state index contributed by atoms with van der Waals surface area (Å²) in [5, 5.41) is 21.0. The summed E-state index contributed by atoms with van der Waals surface area (Å²) in [4.78, 5) is 22.0. The van der Waals surface area contributed by atoms with Crippen LogP contribution in [0.1, 0.15) is 10.5 Å². The predicted molar refractivity (Wildman–Crippen MR) is 97.1 cm³/mol. The number of nitrogens with one attached hydrogen (secondary N) is 1. The van der Waals surface area contributed by atoms with Crippen LogP contribution in [0.5, 0.6) is 0 Å². The third-order valence-corrected chi connectivity index (χ3v) is 3.98. The summed E-state index contributed by atoms with van der Waals surface area (Å²) in [5.74, 6) is -0.674. The smallest absolute Gasteiger partial charge is 0.360 e. The molecule has 4 aromatic rings. The zero-order chi connectivity index (χ0) is 18.3. The molecule has 0 aliphatic rings. The number of carboxylic acids is 1. The summed E-state index contributed by atoms with van der Waals surface area (Å²) in [6.07, 6.45) is 3.25. The van der Waals surface area contributed by atoms with Gasteiger partial charge in [0, 0.05) is 37.1 Å². The van der Waals surface area contributed by atoms with E-state index >= 15 is 0 Å². The fraction of sp³-hybridized carbons (Fsp3) is 0.118. The molecule has 0 saturated carbocycles. The molecule has 0 atom stereocenters. The van der Waals surface area contributed by atoms with Crippen molar-refractivity contribution in [3.63, 3.8) is 0 Å². The molecule has 4 rings (SSSR count). The normalized spacial score (nSPS) is 11.0. The van der Waals surface area contributed by atoms with Crippen molar-refractivity contribution < 1.29 is 9.90 Å². The van der Waals surface area contributed by atoms with Crippen molar-refractivity contribution in [2.75, 3.05) is 24.3 Å². The van der Waals surface area contributed by atoms with Gasteiger partial charge in [-0.3, -0.25) is 4.98 Å². The second-order valence-corrected chi connectivity index (χ2v) is 5.90. The second-order valence-electron chi connectivity index (χ2n) is 5.90. The molecule has 0 spiro atoms. The van der Waals surface area contributed by atoms with Crippen molar-refractivity contribution in [3.8, 4) is 0 Å². The van der Waals surface area contributed by atoms with E-state index in [1.54, 1.807) is 18.5 Å². The van der Waals surface area contributed by atoms with Crippen molar-refractivity contribution in [2.24, 2.45) is 0 Å². The number of rotatable bonds is 4. The second kappa shape index (κ2) is 5.96. The quantitative estimate of drug-likeness (QED) is 0.577. The molecule has 3 heterocycles. The first-order valence-electron chi connectivity index (χ1n) is 7.81. The molecular formula is C17H15N7O2. The van der Waals surface area contributed by atoms with Gasteiger partial charge in [-0.15, -0.1) is 5.10 Å². The Labute approximate surface area is 147 Å². The van der Waals surface area contributed by atoms with Crippen molar-refractivity contribution in [1.82, 2.24) is 24.8 Å². The number of nitrogens with zero attached hydrogens (tertiary/aromatic N) is 6. The maximum absolute atomic E-state index is 11.4. The zero-order valence-corrected chi connectivity index (χ0v) is 14.1. The lowest BCUT2D eigenvalue weighted by Gasteiger charge is -2.15. The highest BCUT2D eigenvalue weighted by Gasteiger charge is 2.19. The Morgan fingerprint density at radius 2 is 2.12 bits per heavy atom. The topological polar surface area (TPSA) is 109 Å². The number of aromatic nitrogens is 5. The molecule has 0 saturated heterocycles. The Morgan fingerprint density at radius 1 is 1.27 bits per heavy atom. The first kappa shape index (κ1) is 15.8. The van der Waals surface area contributed by atoms with Gasteiger partial charge in [-0.1, -0.05) is 11.3 Å². The van der Waals surface area contributed by atoms with Gasteiger partial charge in [-0.05, 0) is 24.3 Å². The summed E-state index contributed by atoms with van der Waals surface area (Å²) < 4.78 is 1.38. The van der Waals surface area contributed by atoms with Crippen LogP contribution in [0, 0.1) is 0 Å². The Kier molecular flexibility index (Phi) is 3.61. The molecular weight excluding hydrogens is 334 g/mol. The van der Waals surface area contributed by atoms with Crippen molar-refractivity contribution in [1.29, 1.82) is 0 Å². The molecule has 0 aliphatic heterocycles. The monoisotopic (exact) mass is 349 g/mol. The minimum atomic E-state index is -1.18. The zero-order valence-electron chi connectivity index (χ0n) is 14.1. The molecule has 0 unspecified atom stereocenters. The van der Waals surface area contributed by atoms with Crippen LogP contribution in [-0.4, -0.2) is 50.0 Å². The third kappa shape index (κ3) is 2.55. The van der Waals surface area contributed by atoms with Crippen LogP contribution in [-0.2, 0) is 0 Å². The number of hydrogen-bond acceptors (Lipinski definition) is 7. The van der Waals surface area contributed by atoms with E-state index < -0.39 is 5.97 Å². The first-order valence-corrected chi connectivity index (χ1v) is 7.81.